The number of ether oxygens (including phenoxy) is 1. The van der Waals surface area contributed by atoms with Crippen LogP contribution in [0.3, 0.4) is 0 Å². The molecule has 0 aromatic carbocycles. The van der Waals surface area contributed by atoms with Crippen LogP contribution in [-0.4, -0.2) is 12.7 Å². The Kier molecular flexibility index (Phi) is 5.46. The first-order valence-electron chi connectivity index (χ1n) is 7.36. The molecule has 0 fully saturated rings. The highest BCUT2D eigenvalue weighted by Gasteiger charge is 2.09. The molecule has 1 unspecified atom stereocenters. The van der Waals surface area contributed by atoms with Gasteiger partial charge in [0, 0.05) is 12.2 Å². The molecule has 0 bridgehead atoms. The third-order valence-corrected chi connectivity index (χ3v) is 3.57. The topological polar surface area (TPSA) is 22.4 Å². The smallest absolute Gasteiger partial charge is 0.0982 e. The first-order valence-corrected chi connectivity index (χ1v) is 7.36. The summed E-state index contributed by atoms with van der Waals surface area (Å²) in [5.41, 5.74) is 3.91. The molecule has 2 heteroatoms. The van der Waals surface area contributed by atoms with Crippen molar-refractivity contribution in [3.05, 3.63) is 36.3 Å². The van der Waals surface area contributed by atoms with E-state index in [1.54, 1.807) is 6.26 Å². The summed E-state index contributed by atoms with van der Waals surface area (Å²) in [4.78, 5) is 0. The Balaban J connectivity index is 1.69. The summed E-state index contributed by atoms with van der Waals surface area (Å²) in [6.07, 6.45) is 9.76. The Labute approximate surface area is 116 Å². The van der Waals surface area contributed by atoms with E-state index in [1.165, 1.54) is 29.5 Å². The summed E-state index contributed by atoms with van der Waals surface area (Å²) >= 11 is 0. The number of hydrogen-bond donors (Lipinski definition) is 0. The average molecular weight is 260 g/mol. The van der Waals surface area contributed by atoms with Crippen LogP contribution in [0.4, 0.5) is 0 Å². The summed E-state index contributed by atoms with van der Waals surface area (Å²) in [6.45, 7) is 5.24. The molecule has 0 radical (unpaired) electrons. The van der Waals surface area contributed by atoms with Gasteiger partial charge in [-0.1, -0.05) is 25.5 Å². The summed E-state index contributed by atoms with van der Waals surface area (Å²) in [6, 6.07) is 6.40. The molecule has 1 atom stereocenters. The first kappa shape index (κ1) is 14.1. The van der Waals surface area contributed by atoms with Crippen LogP contribution < -0.4 is 0 Å². The van der Waals surface area contributed by atoms with Crippen molar-refractivity contribution in [3.63, 3.8) is 0 Å². The van der Waals surface area contributed by atoms with E-state index < -0.39 is 0 Å². The van der Waals surface area contributed by atoms with Crippen molar-refractivity contribution in [3.8, 4) is 11.1 Å². The molecular weight excluding hydrogens is 236 g/mol. The minimum absolute atomic E-state index is 0.406. The van der Waals surface area contributed by atoms with E-state index in [4.69, 9.17) is 9.15 Å². The van der Waals surface area contributed by atoms with Gasteiger partial charge < -0.3 is 9.15 Å². The van der Waals surface area contributed by atoms with E-state index in [2.05, 4.69) is 26.0 Å². The Bertz CT molecular complexity index is 447. The van der Waals surface area contributed by atoms with Crippen molar-refractivity contribution in [1.29, 1.82) is 0 Å². The maximum Gasteiger partial charge on any atom is 0.0982 e. The van der Waals surface area contributed by atoms with E-state index in [1.807, 2.05) is 12.3 Å². The SMILES string of the molecule is CCCC(C)OCCCCc1ccc2ccocc1-2. The molecule has 1 heterocycles. The van der Waals surface area contributed by atoms with E-state index in [0.29, 0.717) is 6.10 Å². The molecule has 0 aromatic heterocycles. The molecule has 104 valence electrons. The summed E-state index contributed by atoms with van der Waals surface area (Å²) in [5.74, 6) is 0. The van der Waals surface area contributed by atoms with Crippen LogP contribution in [0.25, 0.3) is 11.1 Å². The molecule has 2 rings (SSSR count). The van der Waals surface area contributed by atoms with Crippen molar-refractivity contribution in [2.75, 3.05) is 6.61 Å². The third kappa shape index (κ3) is 4.10. The molecule has 1 aliphatic carbocycles. The van der Waals surface area contributed by atoms with E-state index >= 15 is 0 Å². The van der Waals surface area contributed by atoms with Crippen molar-refractivity contribution < 1.29 is 9.15 Å². The molecule has 0 saturated heterocycles. The number of aryl methyl sites for hydroxylation is 1. The highest BCUT2D eigenvalue weighted by Crippen LogP contribution is 2.28. The Morgan fingerprint density at radius 3 is 2.95 bits per heavy atom. The predicted molar refractivity (Wildman–Crippen MR) is 78.6 cm³/mol. The van der Waals surface area contributed by atoms with Crippen LogP contribution in [0, 0.1) is 0 Å². The van der Waals surface area contributed by atoms with Gasteiger partial charge in [-0.25, -0.2) is 0 Å². The zero-order chi connectivity index (χ0) is 13.5. The van der Waals surface area contributed by atoms with Crippen LogP contribution in [0.15, 0.2) is 35.1 Å². The van der Waals surface area contributed by atoms with Crippen LogP contribution in [0.5, 0.6) is 0 Å². The molecule has 0 N–H and O–H groups in total. The molecule has 0 aromatic rings. The second kappa shape index (κ2) is 7.34. The molecule has 0 amide bonds. The average Bonchev–Trinajstić information content (AvgIpc) is 2.82. The quantitative estimate of drug-likeness (QED) is 0.629. The second-order valence-corrected chi connectivity index (χ2v) is 5.21. The van der Waals surface area contributed by atoms with E-state index in [9.17, 15) is 0 Å². The number of hydrogen-bond acceptors (Lipinski definition) is 2. The number of fused-ring (bicyclic) bond motifs is 1. The lowest BCUT2D eigenvalue weighted by atomic mass is 10.1. The Morgan fingerprint density at radius 2 is 2.11 bits per heavy atom. The standard InChI is InChI=1S/C17H24O2/c1-3-6-14(2)19-11-5-4-7-15-8-9-16-10-12-18-13-17(15)16/h8-10,12-14H,3-7,11H2,1-2H3. The van der Waals surface area contributed by atoms with E-state index in [-0.39, 0.29) is 0 Å². The number of rotatable bonds is 8. The summed E-state index contributed by atoms with van der Waals surface area (Å²) < 4.78 is 11.0. The third-order valence-electron chi connectivity index (χ3n) is 3.57. The summed E-state index contributed by atoms with van der Waals surface area (Å²) in [7, 11) is 0. The minimum Gasteiger partial charge on any atom is -0.472 e. The monoisotopic (exact) mass is 260 g/mol. The van der Waals surface area contributed by atoms with Crippen molar-refractivity contribution in [2.24, 2.45) is 0 Å². The van der Waals surface area contributed by atoms with Crippen LogP contribution in [-0.2, 0) is 11.2 Å². The van der Waals surface area contributed by atoms with Gasteiger partial charge >= 0.3 is 0 Å². The van der Waals surface area contributed by atoms with Gasteiger partial charge in [-0.05, 0) is 49.8 Å². The van der Waals surface area contributed by atoms with E-state index in [0.717, 1.165) is 25.9 Å². The zero-order valence-corrected chi connectivity index (χ0v) is 12.0. The maximum absolute atomic E-state index is 5.77. The first-order chi connectivity index (χ1) is 9.31. The van der Waals surface area contributed by atoms with Gasteiger partial charge in [0.2, 0.25) is 0 Å². The van der Waals surface area contributed by atoms with Gasteiger partial charge in [0.25, 0.3) is 0 Å². The van der Waals surface area contributed by atoms with Crippen molar-refractivity contribution in [2.45, 2.75) is 52.1 Å². The van der Waals surface area contributed by atoms with Gasteiger partial charge in [-0.3, -0.25) is 0 Å². The normalized spacial score (nSPS) is 12.9. The second-order valence-electron chi connectivity index (χ2n) is 5.21. The Hall–Kier alpha value is -1.28. The fourth-order valence-corrected chi connectivity index (χ4v) is 2.47. The lowest BCUT2D eigenvalue weighted by Gasteiger charge is -2.11. The highest BCUT2D eigenvalue weighted by atomic mass is 16.5. The van der Waals surface area contributed by atoms with Gasteiger partial charge in [0.15, 0.2) is 0 Å². The van der Waals surface area contributed by atoms with Crippen molar-refractivity contribution in [1.82, 2.24) is 0 Å². The van der Waals surface area contributed by atoms with Gasteiger partial charge in [0.1, 0.15) is 0 Å². The molecule has 0 saturated carbocycles. The molecule has 19 heavy (non-hydrogen) atoms. The maximum atomic E-state index is 5.77. The molecule has 2 aliphatic rings. The molecule has 1 aliphatic heterocycles. The zero-order valence-electron chi connectivity index (χ0n) is 12.0. The lowest BCUT2D eigenvalue weighted by Crippen LogP contribution is -2.08. The van der Waals surface area contributed by atoms with Crippen LogP contribution in [0.2, 0.25) is 0 Å². The van der Waals surface area contributed by atoms with Gasteiger partial charge in [-0.15, -0.1) is 0 Å². The fraction of sp³-hybridized carbons (Fsp3) is 0.529. The fourth-order valence-electron chi connectivity index (χ4n) is 2.47. The lowest BCUT2D eigenvalue weighted by molar-refractivity contribution is 0.0574. The van der Waals surface area contributed by atoms with Gasteiger partial charge in [-0.2, -0.15) is 0 Å². The largest absolute Gasteiger partial charge is 0.472 e. The summed E-state index contributed by atoms with van der Waals surface area (Å²) in [5, 5.41) is 0. The predicted octanol–water partition coefficient (Wildman–Crippen LogP) is 4.91. The highest BCUT2D eigenvalue weighted by molar-refractivity contribution is 5.69. The molecule has 0 spiro atoms. The van der Waals surface area contributed by atoms with Gasteiger partial charge in [0.05, 0.1) is 18.6 Å². The Morgan fingerprint density at radius 1 is 1.21 bits per heavy atom. The van der Waals surface area contributed by atoms with Crippen molar-refractivity contribution >= 4 is 0 Å². The van der Waals surface area contributed by atoms with Crippen LogP contribution >= 0.6 is 0 Å². The molecule has 2 nitrogen and oxygen atoms in total. The van der Waals surface area contributed by atoms with Crippen LogP contribution in [0.1, 0.15) is 45.1 Å². The number of unbranched alkanes of at least 4 members (excludes halogenated alkanes) is 1. The molecular formula is C17H24O2. The minimum atomic E-state index is 0.406.